The zero-order valence-corrected chi connectivity index (χ0v) is 18.9. The van der Waals surface area contributed by atoms with Gasteiger partial charge in [-0.25, -0.2) is 10.2 Å². The summed E-state index contributed by atoms with van der Waals surface area (Å²) in [4.78, 5) is 37.8. The van der Waals surface area contributed by atoms with Crippen molar-refractivity contribution < 1.29 is 19.1 Å². The van der Waals surface area contributed by atoms with Crippen LogP contribution in [0.4, 0.5) is 4.79 Å². The van der Waals surface area contributed by atoms with Crippen molar-refractivity contribution in [2.75, 3.05) is 0 Å². The molecule has 0 saturated carbocycles. The van der Waals surface area contributed by atoms with Crippen LogP contribution in [0.5, 0.6) is 0 Å². The molecule has 0 aromatic heterocycles. The van der Waals surface area contributed by atoms with Crippen molar-refractivity contribution in [2.24, 2.45) is 11.0 Å². The van der Waals surface area contributed by atoms with Crippen LogP contribution in [0.1, 0.15) is 54.0 Å². The minimum atomic E-state index is -0.910. The van der Waals surface area contributed by atoms with Crippen LogP contribution in [-0.4, -0.2) is 41.3 Å². The van der Waals surface area contributed by atoms with Gasteiger partial charge in [0.15, 0.2) is 0 Å². The van der Waals surface area contributed by atoms with Gasteiger partial charge in [-0.05, 0) is 46.1 Å². The van der Waals surface area contributed by atoms with E-state index in [1.165, 1.54) is 0 Å². The number of ether oxygens (including phenoxy) is 1. The number of alkyl carbamates (subject to hydrolysis) is 1. The highest BCUT2D eigenvalue weighted by molar-refractivity contribution is 5.92. The fraction of sp³-hybridized carbons (Fsp3) is 0.545. The number of nitrogens with zero attached hydrogens (tertiary/aromatic N) is 1. The number of rotatable bonds is 8. The highest BCUT2D eigenvalue weighted by Gasteiger charge is 2.30. The highest BCUT2D eigenvalue weighted by Crippen LogP contribution is 2.10. The Morgan fingerprint density at radius 2 is 1.60 bits per heavy atom. The summed E-state index contributed by atoms with van der Waals surface area (Å²) in [5, 5.41) is 9.27. The third kappa shape index (κ3) is 9.54. The Hall–Kier alpha value is -2.90. The van der Waals surface area contributed by atoms with Crippen LogP contribution in [0, 0.1) is 5.92 Å². The first kappa shape index (κ1) is 25.1. The molecule has 0 fully saturated rings. The second-order valence-electron chi connectivity index (χ2n) is 8.65. The number of nitrogens with one attached hydrogen (secondary N) is 3. The molecule has 3 N–H and O–H groups in total. The number of hydrazone groups is 1. The fourth-order valence-electron chi connectivity index (χ4n) is 2.53. The zero-order chi connectivity index (χ0) is 22.9. The van der Waals surface area contributed by atoms with E-state index in [9.17, 15) is 14.4 Å². The minimum absolute atomic E-state index is 0.180. The second-order valence-corrected chi connectivity index (χ2v) is 8.65. The number of carbonyl (C=O) groups excluding carboxylic acids is 3. The molecule has 0 aliphatic heterocycles. The van der Waals surface area contributed by atoms with E-state index in [4.69, 9.17) is 4.74 Å². The van der Waals surface area contributed by atoms with Crippen LogP contribution in [0.25, 0.3) is 0 Å². The topological polar surface area (TPSA) is 109 Å². The van der Waals surface area contributed by atoms with Crippen LogP contribution < -0.4 is 16.1 Å². The summed E-state index contributed by atoms with van der Waals surface area (Å²) in [7, 11) is 0. The minimum Gasteiger partial charge on any atom is -0.444 e. The van der Waals surface area contributed by atoms with Crippen LogP contribution >= 0.6 is 0 Å². The van der Waals surface area contributed by atoms with E-state index in [0.717, 1.165) is 5.56 Å². The summed E-state index contributed by atoms with van der Waals surface area (Å²) < 4.78 is 5.29. The molecule has 8 heteroatoms. The van der Waals surface area contributed by atoms with Gasteiger partial charge in [-0.1, -0.05) is 44.2 Å². The monoisotopic (exact) mass is 418 g/mol. The van der Waals surface area contributed by atoms with E-state index in [-0.39, 0.29) is 12.3 Å². The van der Waals surface area contributed by atoms with Crippen LogP contribution in [0.3, 0.4) is 0 Å². The second kappa shape index (κ2) is 11.3. The standard InChI is InChI=1S/C22H34N4O4/c1-14(2)18(20(28)26-25-15(3)4)24-19(27)17(13-16-11-9-8-10-12-16)23-21(29)30-22(5,6)7/h8-12,14,17-18H,13H2,1-7H3,(H,23,29)(H,24,27)(H,26,28). The molecule has 0 aliphatic rings. The van der Waals surface area contributed by atoms with Crippen molar-refractivity contribution in [3.05, 3.63) is 35.9 Å². The number of hydrogen-bond acceptors (Lipinski definition) is 5. The lowest BCUT2D eigenvalue weighted by molar-refractivity contribution is -0.131. The molecule has 2 unspecified atom stereocenters. The summed E-state index contributed by atoms with van der Waals surface area (Å²) in [6.45, 7) is 12.4. The molecule has 166 valence electrons. The SMILES string of the molecule is CC(C)=NNC(=O)C(NC(=O)C(Cc1ccccc1)NC(=O)OC(C)(C)C)C(C)C. The fourth-order valence-corrected chi connectivity index (χ4v) is 2.53. The molecule has 0 spiro atoms. The Bertz CT molecular complexity index is 750. The van der Waals surface area contributed by atoms with Crippen LogP contribution in [0.2, 0.25) is 0 Å². The quantitative estimate of drug-likeness (QED) is 0.445. The molecule has 1 aromatic carbocycles. The maximum absolute atomic E-state index is 13.0. The van der Waals surface area contributed by atoms with Crippen molar-refractivity contribution in [3.63, 3.8) is 0 Å². The molecule has 0 radical (unpaired) electrons. The van der Waals surface area contributed by atoms with E-state index in [2.05, 4.69) is 21.2 Å². The van der Waals surface area contributed by atoms with Crippen LogP contribution in [-0.2, 0) is 20.7 Å². The maximum Gasteiger partial charge on any atom is 0.408 e. The summed E-state index contributed by atoms with van der Waals surface area (Å²) in [5.74, 6) is -1.08. The number of amides is 3. The predicted molar refractivity (Wildman–Crippen MR) is 117 cm³/mol. The molecule has 8 nitrogen and oxygen atoms in total. The van der Waals surface area contributed by atoms with Gasteiger partial charge in [0.2, 0.25) is 5.91 Å². The van der Waals surface area contributed by atoms with Gasteiger partial charge < -0.3 is 15.4 Å². The largest absolute Gasteiger partial charge is 0.444 e. The molecular formula is C22H34N4O4. The summed E-state index contributed by atoms with van der Waals surface area (Å²) in [5.41, 5.74) is 3.30. The first-order chi connectivity index (χ1) is 13.9. The summed E-state index contributed by atoms with van der Waals surface area (Å²) >= 11 is 0. The number of benzene rings is 1. The Morgan fingerprint density at radius 1 is 1.00 bits per heavy atom. The Kier molecular flexibility index (Phi) is 9.49. The molecule has 2 atom stereocenters. The third-order valence-corrected chi connectivity index (χ3v) is 3.93. The van der Waals surface area contributed by atoms with Gasteiger partial charge in [-0.3, -0.25) is 9.59 Å². The van der Waals surface area contributed by atoms with Crippen LogP contribution in [0.15, 0.2) is 35.4 Å². The molecule has 1 rings (SSSR count). The van der Waals surface area contributed by atoms with Crippen molar-refractivity contribution in [2.45, 2.75) is 72.6 Å². The first-order valence-corrected chi connectivity index (χ1v) is 10.0. The summed E-state index contributed by atoms with van der Waals surface area (Å²) in [6.07, 6.45) is -0.444. The predicted octanol–water partition coefficient (Wildman–Crippen LogP) is 2.78. The van der Waals surface area contributed by atoms with Gasteiger partial charge in [0.25, 0.3) is 5.91 Å². The Morgan fingerprint density at radius 3 is 2.10 bits per heavy atom. The van der Waals surface area contributed by atoms with E-state index in [1.54, 1.807) is 34.6 Å². The lowest BCUT2D eigenvalue weighted by Gasteiger charge is -2.26. The first-order valence-electron chi connectivity index (χ1n) is 10.0. The molecule has 0 saturated heterocycles. The van der Waals surface area contributed by atoms with E-state index in [0.29, 0.717) is 5.71 Å². The molecule has 3 amide bonds. The Balaban J connectivity index is 2.99. The lowest BCUT2D eigenvalue weighted by atomic mass is 10.0. The average molecular weight is 419 g/mol. The number of hydrogen-bond donors (Lipinski definition) is 3. The van der Waals surface area contributed by atoms with Gasteiger partial charge >= 0.3 is 6.09 Å². The van der Waals surface area contributed by atoms with Gasteiger partial charge in [0.05, 0.1) is 0 Å². The van der Waals surface area contributed by atoms with E-state index in [1.807, 2.05) is 44.2 Å². The highest BCUT2D eigenvalue weighted by atomic mass is 16.6. The summed E-state index contributed by atoms with van der Waals surface area (Å²) in [6, 6.07) is 7.59. The normalized spacial score (nSPS) is 13.1. The molecule has 0 aliphatic carbocycles. The molecule has 0 heterocycles. The maximum atomic E-state index is 13.0. The van der Waals surface area contributed by atoms with E-state index >= 15 is 0 Å². The van der Waals surface area contributed by atoms with Gasteiger partial charge in [-0.15, -0.1) is 0 Å². The van der Waals surface area contributed by atoms with E-state index < -0.39 is 35.6 Å². The smallest absolute Gasteiger partial charge is 0.408 e. The lowest BCUT2D eigenvalue weighted by Crippen LogP contribution is -2.56. The average Bonchev–Trinajstić information content (AvgIpc) is 2.62. The number of carbonyl (C=O) groups is 3. The molecule has 30 heavy (non-hydrogen) atoms. The molecule has 0 bridgehead atoms. The van der Waals surface area contributed by atoms with Gasteiger partial charge in [0, 0.05) is 12.1 Å². The van der Waals surface area contributed by atoms with Crippen molar-refractivity contribution in [1.82, 2.24) is 16.1 Å². The molecular weight excluding hydrogens is 384 g/mol. The van der Waals surface area contributed by atoms with Gasteiger partial charge in [-0.2, -0.15) is 5.10 Å². The van der Waals surface area contributed by atoms with Crippen molar-refractivity contribution >= 4 is 23.6 Å². The zero-order valence-electron chi connectivity index (χ0n) is 18.9. The molecule has 1 aromatic rings. The third-order valence-electron chi connectivity index (χ3n) is 3.93. The van der Waals surface area contributed by atoms with Crippen molar-refractivity contribution in [3.8, 4) is 0 Å². The Labute approximate surface area is 178 Å². The van der Waals surface area contributed by atoms with Crippen molar-refractivity contribution in [1.29, 1.82) is 0 Å². The van der Waals surface area contributed by atoms with Gasteiger partial charge in [0.1, 0.15) is 17.7 Å².